The second kappa shape index (κ2) is 7.01. The molecule has 0 aliphatic carbocycles. The molecule has 0 rings (SSSR count). The van der Waals surface area contributed by atoms with Gasteiger partial charge in [0.25, 0.3) is 0 Å². The molecule has 5 heteroatoms. The van der Waals surface area contributed by atoms with Crippen LogP contribution in [-0.2, 0) is 31.4 Å². The van der Waals surface area contributed by atoms with Gasteiger partial charge in [0.1, 0.15) is 0 Å². The Kier molecular flexibility index (Phi) is 7.33. The predicted octanol–water partition coefficient (Wildman–Crippen LogP) is 1.56. The van der Waals surface area contributed by atoms with Crippen molar-refractivity contribution in [1.82, 2.24) is 0 Å². The predicted molar refractivity (Wildman–Crippen MR) is 41.9 cm³/mol. The molecule has 0 aromatic heterocycles. The third kappa shape index (κ3) is 3.98. The summed E-state index contributed by atoms with van der Waals surface area (Å²) in [6, 6.07) is 0. The van der Waals surface area contributed by atoms with E-state index >= 15 is 0 Å². The van der Waals surface area contributed by atoms with E-state index in [1.807, 2.05) is 20.8 Å². The van der Waals surface area contributed by atoms with Crippen LogP contribution in [0.25, 0.3) is 0 Å². The molecule has 0 aromatic carbocycles. The molecule has 0 amide bonds. The molecule has 0 bridgehead atoms. The molecule has 0 spiro atoms. The molecule has 74 valence electrons. The third-order valence-electron chi connectivity index (χ3n) is 1.21. The summed E-state index contributed by atoms with van der Waals surface area (Å²) in [5.41, 5.74) is 0. The maximum atomic E-state index is 5.38. The van der Waals surface area contributed by atoms with Crippen molar-refractivity contribution in [2.24, 2.45) is 0 Å². The Morgan fingerprint density at radius 1 is 0.833 bits per heavy atom. The van der Waals surface area contributed by atoms with Gasteiger partial charge in [-0.25, -0.2) is 0 Å². The van der Waals surface area contributed by atoms with Crippen molar-refractivity contribution >= 4 is 0 Å². The number of hydrogen-bond acceptors (Lipinski definition) is 4. The Balaban J connectivity index is 4.06. The van der Waals surface area contributed by atoms with Crippen LogP contribution in [0.5, 0.6) is 0 Å². The van der Waals surface area contributed by atoms with E-state index in [9.17, 15) is 0 Å². The van der Waals surface area contributed by atoms with Gasteiger partial charge in [-0.1, -0.05) is 0 Å². The first-order chi connectivity index (χ1) is 5.74. The van der Waals surface area contributed by atoms with Crippen molar-refractivity contribution in [3.05, 3.63) is 0 Å². The summed E-state index contributed by atoms with van der Waals surface area (Å²) in [4.78, 5) is 0. The van der Waals surface area contributed by atoms with Crippen LogP contribution < -0.4 is 0 Å². The molecule has 0 aliphatic heterocycles. The topological polar surface area (TPSA) is 36.9 Å². The standard InChI is InChI=1S/3C2H5O.CH3O.Ti/c3*1-2-3;1-2;/h3*2H2,1H3;1H3;/q4*-1;+4. The molecule has 0 saturated carbocycles. The van der Waals surface area contributed by atoms with Crippen LogP contribution in [0.15, 0.2) is 0 Å². The fraction of sp³-hybridized carbons (Fsp3) is 1.00. The maximum absolute atomic E-state index is 5.38. The molecule has 0 N–H and O–H groups in total. The minimum atomic E-state index is -3.28. The van der Waals surface area contributed by atoms with E-state index in [2.05, 4.69) is 0 Å². The van der Waals surface area contributed by atoms with Crippen LogP contribution in [0.3, 0.4) is 0 Å². The molecule has 4 nitrogen and oxygen atoms in total. The van der Waals surface area contributed by atoms with Crippen LogP contribution in [0.1, 0.15) is 20.8 Å². The second-order valence-electron chi connectivity index (χ2n) is 2.00. The minimum absolute atomic E-state index is 0.563. The first-order valence-electron chi connectivity index (χ1n) is 4.21. The first-order valence-corrected chi connectivity index (χ1v) is 6.76. The average molecular weight is 214 g/mol. The molecule has 0 atom stereocenters. The Hall–Kier alpha value is 0.554. The second-order valence-corrected chi connectivity index (χ2v) is 5.55. The first kappa shape index (κ1) is 12.6. The van der Waals surface area contributed by atoms with E-state index in [0.717, 1.165) is 0 Å². The molecule has 0 heterocycles. The van der Waals surface area contributed by atoms with Gasteiger partial charge in [-0.3, -0.25) is 0 Å². The van der Waals surface area contributed by atoms with Gasteiger partial charge >= 0.3 is 79.1 Å². The van der Waals surface area contributed by atoms with Gasteiger partial charge < -0.3 is 0 Å². The average Bonchev–Trinajstić information content (AvgIpc) is 2.06. The summed E-state index contributed by atoms with van der Waals surface area (Å²) in [7, 11) is 1.57. The molecule has 0 fully saturated rings. The quantitative estimate of drug-likeness (QED) is 0.602. The van der Waals surface area contributed by atoms with E-state index in [0.29, 0.717) is 19.8 Å². The van der Waals surface area contributed by atoms with E-state index in [-0.39, 0.29) is 0 Å². The summed E-state index contributed by atoms with van der Waals surface area (Å²) in [5, 5.41) is 0. The monoisotopic (exact) mass is 214 g/mol. The van der Waals surface area contributed by atoms with Crippen LogP contribution >= 0.6 is 0 Å². The van der Waals surface area contributed by atoms with E-state index in [1.165, 1.54) is 0 Å². The summed E-state index contributed by atoms with van der Waals surface area (Å²) >= 11 is -3.28. The SMILES string of the molecule is CC[O][Ti]([O]C)([O]CC)[O]CC. The Labute approximate surface area is 79.4 Å². The van der Waals surface area contributed by atoms with Crippen LogP contribution in [0.2, 0.25) is 0 Å². The van der Waals surface area contributed by atoms with Crippen LogP contribution in [0.4, 0.5) is 0 Å². The molecule has 0 aliphatic rings. The zero-order chi connectivity index (χ0) is 9.45. The van der Waals surface area contributed by atoms with Crippen molar-refractivity contribution in [3.63, 3.8) is 0 Å². The fourth-order valence-electron chi connectivity index (χ4n) is 0.832. The van der Waals surface area contributed by atoms with Gasteiger partial charge in [0, 0.05) is 0 Å². The zero-order valence-corrected chi connectivity index (χ0v) is 9.82. The fourth-order valence-corrected chi connectivity index (χ4v) is 3.43. The summed E-state index contributed by atoms with van der Waals surface area (Å²) in [5.74, 6) is 0. The van der Waals surface area contributed by atoms with Gasteiger partial charge in [0.15, 0.2) is 0 Å². The van der Waals surface area contributed by atoms with E-state index in [1.54, 1.807) is 7.11 Å². The van der Waals surface area contributed by atoms with Crippen molar-refractivity contribution in [3.8, 4) is 0 Å². The van der Waals surface area contributed by atoms with Crippen molar-refractivity contribution in [1.29, 1.82) is 0 Å². The molecule has 0 unspecified atom stereocenters. The summed E-state index contributed by atoms with van der Waals surface area (Å²) in [6.45, 7) is 7.39. The summed E-state index contributed by atoms with van der Waals surface area (Å²) < 4.78 is 21.3. The number of rotatable bonds is 7. The van der Waals surface area contributed by atoms with E-state index in [4.69, 9.17) is 13.3 Å². The van der Waals surface area contributed by atoms with Gasteiger partial charge in [-0.05, 0) is 0 Å². The third-order valence-corrected chi connectivity index (χ3v) is 5.00. The Morgan fingerprint density at radius 2 is 1.17 bits per heavy atom. The molecule has 0 saturated heterocycles. The molecular weight excluding hydrogens is 196 g/mol. The van der Waals surface area contributed by atoms with Gasteiger partial charge in [0.05, 0.1) is 0 Å². The van der Waals surface area contributed by atoms with E-state index < -0.39 is 18.1 Å². The Bertz CT molecular complexity index is 92.6. The molecule has 0 aromatic rings. The van der Waals surface area contributed by atoms with Gasteiger partial charge in [-0.2, -0.15) is 0 Å². The van der Waals surface area contributed by atoms with Gasteiger partial charge in [0.2, 0.25) is 0 Å². The molecule has 12 heavy (non-hydrogen) atoms. The number of hydrogen-bond donors (Lipinski definition) is 0. The Morgan fingerprint density at radius 3 is 1.33 bits per heavy atom. The van der Waals surface area contributed by atoms with Crippen molar-refractivity contribution in [2.75, 3.05) is 26.9 Å². The zero-order valence-electron chi connectivity index (χ0n) is 8.25. The molecular formula is C7H18O4Ti. The van der Waals surface area contributed by atoms with Crippen molar-refractivity contribution in [2.45, 2.75) is 20.8 Å². The van der Waals surface area contributed by atoms with Gasteiger partial charge in [-0.15, -0.1) is 0 Å². The summed E-state index contributed by atoms with van der Waals surface area (Å²) in [6.07, 6.45) is 0. The van der Waals surface area contributed by atoms with Crippen LogP contribution in [0, 0.1) is 0 Å². The van der Waals surface area contributed by atoms with Crippen LogP contribution in [-0.4, -0.2) is 26.9 Å². The van der Waals surface area contributed by atoms with Crippen molar-refractivity contribution < 1.29 is 31.4 Å². The normalized spacial score (nSPS) is 12.0. The molecule has 0 radical (unpaired) electrons.